The van der Waals surface area contributed by atoms with Gasteiger partial charge in [-0.15, -0.1) is 0 Å². The Bertz CT molecular complexity index is 1010. The Morgan fingerprint density at radius 3 is 2.61 bits per heavy atom. The third kappa shape index (κ3) is 4.40. The maximum absolute atomic E-state index is 10.2. The monoisotopic (exact) mass is 502 g/mol. The van der Waals surface area contributed by atoms with E-state index in [4.69, 9.17) is 0 Å². The second-order valence-corrected chi connectivity index (χ2v) is 8.86. The second kappa shape index (κ2) is 8.64. The molecule has 3 aromatic rings. The van der Waals surface area contributed by atoms with Gasteiger partial charge < -0.3 is 10.0 Å². The second-order valence-electron chi connectivity index (χ2n) is 7.09. The van der Waals surface area contributed by atoms with Crippen LogP contribution in [0.25, 0.3) is 10.8 Å². The summed E-state index contributed by atoms with van der Waals surface area (Å²) >= 11 is 6.81. The molecule has 1 fully saturated rings. The zero-order valence-corrected chi connectivity index (χ0v) is 18.6. The van der Waals surface area contributed by atoms with E-state index >= 15 is 0 Å². The summed E-state index contributed by atoms with van der Waals surface area (Å²) in [5, 5.41) is 19.5. The van der Waals surface area contributed by atoms with E-state index in [-0.39, 0.29) is 5.75 Å². The smallest absolute Gasteiger partial charge is 0.138 e. The standard InChI is InChI=1S/C22H21Br2N3O/c23-19-12-18(22(28)21(24)13-19)14-25-27-10-8-26(9-11-27)15-17-6-3-5-16-4-1-2-7-20(16)17/h1-7,12-14,28H,8-11,15H2/p+1/b25-14+. The Balaban J connectivity index is 1.38. The van der Waals surface area contributed by atoms with Crippen LogP contribution in [0.2, 0.25) is 0 Å². The molecule has 0 spiro atoms. The van der Waals surface area contributed by atoms with Crippen LogP contribution in [0, 0.1) is 0 Å². The number of nitrogens with zero attached hydrogens (tertiary/aromatic N) is 2. The van der Waals surface area contributed by atoms with Gasteiger partial charge >= 0.3 is 0 Å². The lowest BCUT2D eigenvalue weighted by molar-refractivity contribution is -0.918. The molecule has 0 amide bonds. The summed E-state index contributed by atoms with van der Waals surface area (Å²) in [5.41, 5.74) is 2.11. The molecule has 0 atom stereocenters. The average molecular weight is 504 g/mol. The molecule has 1 aliphatic heterocycles. The number of rotatable bonds is 4. The van der Waals surface area contributed by atoms with Crippen LogP contribution in [0.1, 0.15) is 11.1 Å². The van der Waals surface area contributed by atoms with Crippen molar-refractivity contribution in [2.75, 3.05) is 26.2 Å². The highest BCUT2D eigenvalue weighted by atomic mass is 79.9. The summed E-state index contributed by atoms with van der Waals surface area (Å²) in [4.78, 5) is 1.58. The predicted octanol–water partition coefficient (Wildman–Crippen LogP) is 3.81. The van der Waals surface area contributed by atoms with E-state index in [1.54, 1.807) is 11.1 Å². The molecule has 144 valence electrons. The number of halogens is 2. The SMILES string of the molecule is Oc1c(Br)cc(Br)cc1/C=N/N1CC[NH+](Cc2cccc3ccccc23)CC1. The molecule has 0 aliphatic carbocycles. The number of hydrazone groups is 1. The third-order valence-electron chi connectivity index (χ3n) is 5.19. The molecule has 0 radical (unpaired) electrons. The predicted molar refractivity (Wildman–Crippen MR) is 121 cm³/mol. The van der Waals surface area contributed by atoms with E-state index < -0.39 is 0 Å². The van der Waals surface area contributed by atoms with Gasteiger partial charge in [-0.25, -0.2) is 0 Å². The first kappa shape index (κ1) is 19.4. The molecule has 2 N–H and O–H groups in total. The van der Waals surface area contributed by atoms with Crippen molar-refractivity contribution in [2.24, 2.45) is 5.10 Å². The molecule has 0 saturated carbocycles. The lowest BCUT2D eigenvalue weighted by Crippen LogP contribution is -3.13. The number of phenolic OH excluding ortho intramolecular Hbond substituents is 1. The van der Waals surface area contributed by atoms with Crippen molar-refractivity contribution in [3.63, 3.8) is 0 Å². The minimum Gasteiger partial charge on any atom is -0.506 e. The largest absolute Gasteiger partial charge is 0.506 e. The van der Waals surface area contributed by atoms with Crippen LogP contribution in [0.3, 0.4) is 0 Å². The summed E-state index contributed by atoms with van der Waals surface area (Å²) in [7, 11) is 0. The number of quaternary nitrogens is 1. The third-order valence-corrected chi connectivity index (χ3v) is 6.25. The summed E-state index contributed by atoms with van der Waals surface area (Å²) in [5.74, 6) is 0.215. The highest BCUT2D eigenvalue weighted by molar-refractivity contribution is 9.11. The maximum atomic E-state index is 10.2. The number of fused-ring (bicyclic) bond motifs is 1. The molecule has 6 heteroatoms. The van der Waals surface area contributed by atoms with E-state index in [2.05, 4.69) is 84.4 Å². The molecular formula is C22H22Br2N3O+. The molecule has 1 heterocycles. The Labute approximate surface area is 181 Å². The molecule has 1 saturated heterocycles. The van der Waals surface area contributed by atoms with Crippen molar-refractivity contribution in [3.05, 3.63) is 74.7 Å². The van der Waals surface area contributed by atoms with Crippen LogP contribution in [0.5, 0.6) is 5.75 Å². The molecule has 0 bridgehead atoms. The Morgan fingerprint density at radius 1 is 1.04 bits per heavy atom. The fourth-order valence-corrected chi connectivity index (χ4v) is 4.91. The first-order valence-corrected chi connectivity index (χ1v) is 11.0. The van der Waals surface area contributed by atoms with Gasteiger partial charge in [0.25, 0.3) is 0 Å². The average Bonchev–Trinajstić information content (AvgIpc) is 2.71. The van der Waals surface area contributed by atoms with Gasteiger partial charge in [0.05, 0.1) is 36.9 Å². The van der Waals surface area contributed by atoms with Crippen molar-refractivity contribution in [1.29, 1.82) is 0 Å². The van der Waals surface area contributed by atoms with Gasteiger partial charge in [-0.3, -0.25) is 5.01 Å². The molecule has 3 aromatic carbocycles. The van der Waals surface area contributed by atoms with E-state index in [1.165, 1.54) is 16.3 Å². The van der Waals surface area contributed by atoms with Gasteiger partial charge in [0.1, 0.15) is 12.3 Å². The Kier molecular flexibility index (Phi) is 5.99. The number of hydrogen-bond donors (Lipinski definition) is 2. The number of hydrogen-bond acceptors (Lipinski definition) is 3. The summed E-state index contributed by atoms with van der Waals surface area (Å²) in [6, 6.07) is 18.9. The Morgan fingerprint density at radius 2 is 1.79 bits per heavy atom. The minimum absolute atomic E-state index is 0.215. The number of phenols is 1. The van der Waals surface area contributed by atoms with Gasteiger partial charge in [0, 0.05) is 15.6 Å². The van der Waals surface area contributed by atoms with Gasteiger partial charge in [0.2, 0.25) is 0 Å². The zero-order chi connectivity index (χ0) is 19.5. The minimum atomic E-state index is 0.215. The molecular weight excluding hydrogens is 482 g/mol. The maximum Gasteiger partial charge on any atom is 0.138 e. The Hall–Kier alpha value is -1.89. The fraction of sp³-hybridized carbons (Fsp3) is 0.227. The molecule has 0 aromatic heterocycles. The van der Waals surface area contributed by atoms with Crippen molar-refractivity contribution in [1.82, 2.24) is 5.01 Å². The van der Waals surface area contributed by atoms with E-state index in [9.17, 15) is 5.11 Å². The van der Waals surface area contributed by atoms with Gasteiger partial charge in [-0.05, 0) is 38.8 Å². The summed E-state index contributed by atoms with van der Waals surface area (Å²) in [6.07, 6.45) is 1.74. The topological polar surface area (TPSA) is 40.3 Å². The van der Waals surface area contributed by atoms with Crippen LogP contribution < -0.4 is 4.90 Å². The van der Waals surface area contributed by atoms with Crippen LogP contribution in [0.15, 0.2) is 68.6 Å². The van der Waals surface area contributed by atoms with Crippen LogP contribution in [0.4, 0.5) is 0 Å². The molecule has 28 heavy (non-hydrogen) atoms. The van der Waals surface area contributed by atoms with E-state index in [1.807, 2.05) is 12.1 Å². The van der Waals surface area contributed by atoms with Gasteiger partial charge in [-0.2, -0.15) is 5.10 Å². The zero-order valence-electron chi connectivity index (χ0n) is 15.4. The first-order valence-electron chi connectivity index (χ1n) is 9.37. The quantitative estimate of drug-likeness (QED) is 0.531. The summed E-state index contributed by atoms with van der Waals surface area (Å²) in [6.45, 7) is 4.96. The molecule has 4 nitrogen and oxygen atoms in total. The van der Waals surface area contributed by atoms with E-state index in [0.29, 0.717) is 10.0 Å². The first-order chi connectivity index (χ1) is 13.6. The van der Waals surface area contributed by atoms with Crippen LogP contribution in [-0.2, 0) is 6.54 Å². The molecule has 0 unspecified atom stereocenters. The van der Waals surface area contributed by atoms with Crippen LogP contribution in [-0.4, -0.2) is 42.5 Å². The fourth-order valence-electron chi connectivity index (χ4n) is 3.65. The number of piperazine rings is 1. The van der Waals surface area contributed by atoms with Gasteiger partial charge in [0.15, 0.2) is 0 Å². The molecule has 4 rings (SSSR count). The summed E-state index contributed by atoms with van der Waals surface area (Å²) < 4.78 is 1.57. The van der Waals surface area contributed by atoms with E-state index in [0.717, 1.165) is 37.2 Å². The number of benzene rings is 3. The van der Waals surface area contributed by atoms with Crippen molar-refractivity contribution in [3.8, 4) is 5.75 Å². The number of nitrogens with one attached hydrogen (secondary N) is 1. The van der Waals surface area contributed by atoms with Crippen LogP contribution >= 0.6 is 31.9 Å². The van der Waals surface area contributed by atoms with Crippen molar-refractivity contribution >= 4 is 48.8 Å². The highest BCUT2D eigenvalue weighted by Gasteiger charge is 2.19. The normalized spacial score (nSPS) is 15.6. The molecule has 1 aliphatic rings. The van der Waals surface area contributed by atoms with Crippen molar-refractivity contribution < 1.29 is 10.0 Å². The van der Waals surface area contributed by atoms with Gasteiger partial charge in [-0.1, -0.05) is 58.4 Å². The lowest BCUT2D eigenvalue weighted by atomic mass is 10.0. The highest BCUT2D eigenvalue weighted by Crippen LogP contribution is 2.30. The number of aromatic hydroxyl groups is 1. The van der Waals surface area contributed by atoms with Crippen molar-refractivity contribution in [2.45, 2.75) is 6.54 Å². The lowest BCUT2D eigenvalue weighted by Gasteiger charge is -2.30.